The highest BCUT2D eigenvalue weighted by Crippen LogP contribution is 2.35. The van der Waals surface area contributed by atoms with Crippen molar-refractivity contribution in [3.63, 3.8) is 0 Å². The number of carbonyl (C=O) groups excluding carboxylic acids is 1. The first-order valence-electron chi connectivity index (χ1n) is 7.45. The lowest BCUT2D eigenvalue weighted by Gasteiger charge is -2.07. The molecule has 1 aliphatic rings. The normalized spacial score (nSPS) is 14.0. The van der Waals surface area contributed by atoms with Gasteiger partial charge in [-0.05, 0) is 53.1 Å². The third kappa shape index (κ3) is 4.45. The Labute approximate surface area is 152 Å². The second-order valence-corrected chi connectivity index (χ2v) is 7.73. The number of benzene rings is 1. The van der Waals surface area contributed by atoms with Crippen molar-refractivity contribution in [3.05, 3.63) is 39.3 Å². The van der Waals surface area contributed by atoms with Gasteiger partial charge in [-0.3, -0.25) is 14.5 Å². The molecule has 122 valence electrons. The lowest BCUT2D eigenvalue weighted by Crippen LogP contribution is -2.25. The molecule has 1 amide bonds. The van der Waals surface area contributed by atoms with Crippen LogP contribution in [0.3, 0.4) is 0 Å². The van der Waals surface area contributed by atoms with Crippen molar-refractivity contribution in [1.29, 1.82) is 0 Å². The van der Waals surface area contributed by atoms with E-state index in [1.54, 1.807) is 11.8 Å². The van der Waals surface area contributed by atoms with Gasteiger partial charge in [-0.15, -0.1) is 11.8 Å². The molecule has 1 aromatic carbocycles. The van der Waals surface area contributed by atoms with Crippen LogP contribution >= 0.6 is 39.9 Å². The van der Waals surface area contributed by atoms with Crippen LogP contribution in [0.25, 0.3) is 0 Å². The van der Waals surface area contributed by atoms with E-state index in [0.717, 1.165) is 33.8 Å². The van der Waals surface area contributed by atoms with Crippen molar-refractivity contribution in [3.8, 4) is 0 Å². The Hall–Kier alpha value is -1.12. The molecule has 3 rings (SSSR count). The van der Waals surface area contributed by atoms with Gasteiger partial charge in [0, 0.05) is 27.6 Å². The van der Waals surface area contributed by atoms with Crippen LogP contribution in [-0.4, -0.2) is 26.4 Å². The van der Waals surface area contributed by atoms with Crippen molar-refractivity contribution in [2.45, 2.75) is 36.7 Å². The summed E-state index contributed by atoms with van der Waals surface area (Å²) in [5, 5.41) is 9.94. The summed E-state index contributed by atoms with van der Waals surface area (Å²) >= 11 is 10.4. The minimum atomic E-state index is 0.0285. The molecule has 0 radical (unpaired) electrons. The smallest absolute Gasteiger partial charge is 0.221 e. The number of thioether (sulfide) groups is 1. The predicted molar refractivity (Wildman–Crippen MR) is 97.0 cm³/mol. The molecule has 2 aromatic rings. The van der Waals surface area contributed by atoms with E-state index in [2.05, 4.69) is 31.4 Å². The van der Waals surface area contributed by atoms with Gasteiger partial charge in [-0.1, -0.05) is 12.1 Å². The quantitative estimate of drug-likeness (QED) is 0.535. The van der Waals surface area contributed by atoms with Gasteiger partial charge in [0.15, 0.2) is 10.6 Å². The number of hydrogen-bond acceptors (Lipinski definition) is 4. The Morgan fingerprint density at radius 3 is 3.00 bits per heavy atom. The van der Waals surface area contributed by atoms with E-state index < -0.39 is 0 Å². The minimum Gasteiger partial charge on any atom is -0.349 e. The van der Waals surface area contributed by atoms with Gasteiger partial charge in [0.25, 0.3) is 0 Å². The number of H-pyrrole nitrogens is 1. The van der Waals surface area contributed by atoms with E-state index in [1.807, 2.05) is 28.8 Å². The molecule has 0 spiro atoms. The number of nitrogens with zero attached hydrogens (tertiary/aromatic N) is 2. The lowest BCUT2D eigenvalue weighted by molar-refractivity contribution is -0.120. The monoisotopic (exact) mass is 412 g/mol. The Morgan fingerprint density at radius 1 is 1.48 bits per heavy atom. The Bertz CT molecular complexity index is 754. The summed E-state index contributed by atoms with van der Waals surface area (Å²) in [4.78, 5) is 13.1. The number of halogens is 1. The fourth-order valence-corrected chi connectivity index (χ4v) is 4.07. The zero-order chi connectivity index (χ0) is 16.2. The number of aromatic nitrogens is 3. The van der Waals surface area contributed by atoms with E-state index >= 15 is 0 Å². The topological polar surface area (TPSA) is 62.7 Å². The SMILES string of the molecule is O=C(CCSc1ccccc1Br)NCc1n[nH]c(=S)n1C1CC1. The molecule has 1 aliphatic carbocycles. The minimum absolute atomic E-state index is 0.0285. The summed E-state index contributed by atoms with van der Waals surface area (Å²) in [6, 6.07) is 8.48. The van der Waals surface area contributed by atoms with E-state index in [-0.39, 0.29) is 5.91 Å². The standard InChI is InChI=1S/C15H17BrN4OS2/c16-11-3-1-2-4-12(11)23-8-7-14(21)17-9-13-18-19-15(22)20(13)10-5-6-10/h1-4,10H,5-9H2,(H,17,21)(H,19,22). The first-order valence-corrected chi connectivity index (χ1v) is 9.63. The van der Waals surface area contributed by atoms with Crippen LogP contribution in [0.15, 0.2) is 33.6 Å². The van der Waals surface area contributed by atoms with Gasteiger partial charge in [-0.25, -0.2) is 0 Å². The highest BCUT2D eigenvalue weighted by Gasteiger charge is 2.27. The molecule has 1 heterocycles. The summed E-state index contributed by atoms with van der Waals surface area (Å²) < 4.78 is 3.72. The molecule has 23 heavy (non-hydrogen) atoms. The van der Waals surface area contributed by atoms with Gasteiger partial charge in [0.1, 0.15) is 0 Å². The molecular weight excluding hydrogens is 396 g/mol. The molecule has 5 nitrogen and oxygen atoms in total. The van der Waals surface area contributed by atoms with Crippen molar-refractivity contribution in [1.82, 2.24) is 20.1 Å². The van der Waals surface area contributed by atoms with E-state index in [4.69, 9.17) is 12.2 Å². The van der Waals surface area contributed by atoms with Crippen molar-refractivity contribution < 1.29 is 4.79 Å². The van der Waals surface area contributed by atoms with Gasteiger partial charge in [-0.2, -0.15) is 5.10 Å². The van der Waals surface area contributed by atoms with Crippen molar-refractivity contribution >= 4 is 45.8 Å². The second kappa shape index (κ2) is 7.63. The highest BCUT2D eigenvalue weighted by atomic mass is 79.9. The van der Waals surface area contributed by atoms with Crippen molar-refractivity contribution in [2.75, 3.05) is 5.75 Å². The van der Waals surface area contributed by atoms with Crippen LogP contribution < -0.4 is 5.32 Å². The number of hydrogen-bond donors (Lipinski definition) is 2. The molecule has 0 saturated heterocycles. The number of rotatable bonds is 7. The fraction of sp³-hybridized carbons (Fsp3) is 0.400. The third-order valence-electron chi connectivity index (χ3n) is 3.56. The average Bonchev–Trinajstić information content (AvgIpc) is 3.30. The second-order valence-electron chi connectivity index (χ2n) is 5.35. The van der Waals surface area contributed by atoms with E-state index in [9.17, 15) is 4.79 Å². The maximum Gasteiger partial charge on any atom is 0.221 e. The van der Waals surface area contributed by atoms with E-state index in [1.165, 1.54) is 0 Å². The van der Waals surface area contributed by atoms with Crippen LogP contribution in [0.5, 0.6) is 0 Å². The predicted octanol–water partition coefficient (Wildman–Crippen LogP) is 3.84. The van der Waals surface area contributed by atoms with Crippen molar-refractivity contribution in [2.24, 2.45) is 0 Å². The number of aromatic amines is 1. The van der Waals surface area contributed by atoms with Crippen LogP contribution in [0.4, 0.5) is 0 Å². The van der Waals surface area contributed by atoms with Crippen LogP contribution in [0.1, 0.15) is 31.1 Å². The third-order valence-corrected chi connectivity index (χ3v) is 5.87. The summed E-state index contributed by atoms with van der Waals surface area (Å²) in [5.41, 5.74) is 0. The Kier molecular flexibility index (Phi) is 5.55. The molecule has 8 heteroatoms. The largest absolute Gasteiger partial charge is 0.349 e. The van der Waals surface area contributed by atoms with Gasteiger partial charge >= 0.3 is 0 Å². The van der Waals surface area contributed by atoms with Gasteiger partial charge in [0.2, 0.25) is 5.91 Å². The molecule has 0 unspecified atom stereocenters. The number of carbonyl (C=O) groups is 1. The summed E-state index contributed by atoms with van der Waals surface area (Å²) in [6.07, 6.45) is 2.75. The molecule has 0 aliphatic heterocycles. The maximum atomic E-state index is 12.0. The summed E-state index contributed by atoms with van der Waals surface area (Å²) in [6.45, 7) is 0.419. The molecule has 1 saturated carbocycles. The lowest BCUT2D eigenvalue weighted by atomic mass is 10.4. The first kappa shape index (κ1) is 16.7. The molecular formula is C15H17BrN4OS2. The highest BCUT2D eigenvalue weighted by molar-refractivity contribution is 9.10. The first-order chi connectivity index (χ1) is 11.1. The molecule has 1 aromatic heterocycles. The zero-order valence-electron chi connectivity index (χ0n) is 12.4. The Morgan fingerprint density at radius 2 is 2.26 bits per heavy atom. The zero-order valence-corrected chi connectivity index (χ0v) is 15.6. The molecule has 2 N–H and O–H groups in total. The number of amides is 1. The summed E-state index contributed by atoms with van der Waals surface area (Å²) in [5.74, 6) is 1.58. The van der Waals surface area contributed by atoms with E-state index in [0.29, 0.717) is 23.8 Å². The Balaban J connectivity index is 1.45. The van der Waals surface area contributed by atoms with Gasteiger partial charge < -0.3 is 5.32 Å². The molecule has 0 atom stereocenters. The van der Waals surface area contributed by atoms with Gasteiger partial charge in [0.05, 0.1) is 6.54 Å². The van der Waals surface area contributed by atoms with Crippen LogP contribution in [-0.2, 0) is 11.3 Å². The van der Waals surface area contributed by atoms with Crippen LogP contribution in [0, 0.1) is 4.77 Å². The average molecular weight is 413 g/mol. The number of nitrogens with one attached hydrogen (secondary N) is 2. The molecule has 1 fully saturated rings. The van der Waals surface area contributed by atoms with Crippen LogP contribution in [0.2, 0.25) is 0 Å². The molecule has 0 bridgehead atoms. The maximum absolute atomic E-state index is 12.0. The fourth-order valence-electron chi connectivity index (χ4n) is 2.25. The summed E-state index contributed by atoms with van der Waals surface area (Å²) in [7, 11) is 0.